The molecule has 0 unspecified atom stereocenters. The van der Waals surface area contributed by atoms with Crippen molar-refractivity contribution in [2.75, 3.05) is 23.7 Å². The third-order valence-corrected chi connectivity index (χ3v) is 6.36. The van der Waals surface area contributed by atoms with Crippen molar-refractivity contribution in [3.05, 3.63) is 69.8 Å². The smallest absolute Gasteiger partial charge is 0.271 e. The summed E-state index contributed by atoms with van der Waals surface area (Å²) >= 11 is 0. The summed E-state index contributed by atoms with van der Waals surface area (Å²) in [6, 6.07) is 11.7. The number of hydrogen-bond acceptors (Lipinski definition) is 6. The Kier molecular flexibility index (Phi) is 9.13. The van der Waals surface area contributed by atoms with E-state index in [9.17, 15) is 28.1 Å². The molecule has 0 saturated carbocycles. The first-order valence-electron chi connectivity index (χ1n) is 10.8. The maximum Gasteiger partial charge on any atom is 0.271 e. The minimum Gasteiger partial charge on any atom is -0.355 e. The number of likely N-dealkylation sites (N-methyl/N-ethyl adjacent to an activating group) is 1. The predicted molar refractivity (Wildman–Crippen MR) is 130 cm³/mol. The Morgan fingerprint density at radius 2 is 1.76 bits per heavy atom. The van der Waals surface area contributed by atoms with Crippen LogP contribution in [0.3, 0.4) is 0 Å². The second-order valence-electron chi connectivity index (χ2n) is 7.87. The highest BCUT2D eigenvalue weighted by molar-refractivity contribution is 7.92. The van der Waals surface area contributed by atoms with E-state index < -0.39 is 33.4 Å². The number of anilines is 1. The van der Waals surface area contributed by atoms with Crippen LogP contribution in [0.5, 0.6) is 0 Å². The average Bonchev–Trinajstić information content (AvgIpc) is 2.78. The molecule has 0 fully saturated rings. The zero-order valence-electron chi connectivity index (χ0n) is 19.7. The van der Waals surface area contributed by atoms with Gasteiger partial charge in [-0.05, 0) is 31.9 Å². The van der Waals surface area contributed by atoms with Crippen molar-refractivity contribution in [3.8, 4) is 0 Å². The van der Waals surface area contributed by atoms with Gasteiger partial charge in [-0.1, -0.05) is 42.8 Å². The number of nitro groups is 1. The number of hydrogen-bond donors (Lipinski definition) is 1. The molecule has 0 aromatic heterocycles. The highest BCUT2D eigenvalue weighted by Gasteiger charge is 2.31. The number of aryl methyl sites for hydroxylation is 1. The maximum absolute atomic E-state index is 13.5. The molecule has 2 rings (SSSR count). The van der Waals surface area contributed by atoms with Gasteiger partial charge in [-0.3, -0.25) is 24.0 Å². The van der Waals surface area contributed by atoms with Crippen molar-refractivity contribution in [1.82, 2.24) is 10.2 Å². The molecule has 2 amide bonds. The molecule has 0 aliphatic carbocycles. The van der Waals surface area contributed by atoms with Crippen molar-refractivity contribution in [2.45, 2.75) is 39.8 Å². The monoisotopic (exact) mass is 490 g/mol. The average molecular weight is 491 g/mol. The van der Waals surface area contributed by atoms with Crippen molar-refractivity contribution in [1.29, 1.82) is 0 Å². The summed E-state index contributed by atoms with van der Waals surface area (Å²) in [6.45, 7) is 5.34. The molecule has 184 valence electrons. The van der Waals surface area contributed by atoms with Gasteiger partial charge in [0.2, 0.25) is 21.8 Å². The molecule has 34 heavy (non-hydrogen) atoms. The van der Waals surface area contributed by atoms with Gasteiger partial charge in [-0.15, -0.1) is 0 Å². The fourth-order valence-electron chi connectivity index (χ4n) is 3.48. The summed E-state index contributed by atoms with van der Waals surface area (Å²) in [7, 11) is -3.97. The largest absolute Gasteiger partial charge is 0.355 e. The molecular formula is C23H30N4O6S. The highest BCUT2D eigenvalue weighted by Crippen LogP contribution is 2.24. The van der Waals surface area contributed by atoms with Crippen molar-refractivity contribution in [2.24, 2.45) is 0 Å². The van der Waals surface area contributed by atoms with Gasteiger partial charge < -0.3 is 10.2 Å². The van der Waals surface area contributed by atoms with E-state index in [4.69, 9.17) is 0 Å². The molecule has 0 bridgehead atoms. The summed E-state index contributed by atoms with van der Waals surface area (Å²) in [5.41, 5.74) is 1.50. The van der Waals surface area contributed by atoms with Gasteiger partial charge in [0.1, 0.15) is 12.6 Å². The SMILES string of the molecule is CCNC(=O)[C@H](CC)N(Cc1ccc(C)cc1)C(=O)CN(c1cccc([N+](=O)[O-])c1)S(C)(=O)=O. The normalized spacial score (nSPS) is 12.0. The van der Waals surface area contributed by atoms with Crippen LogP contribution in [0, 0.1) is 17.0 Å². The van der Waals surface area contributed by atoms with Crippen LogP contribution in [0.2, 0.25) is 0 Å². The number of sulfonamides is 1. The molecular weight excluding hydrogens is 460 g/mol. The molecule has 0 aliphatic rings. The van der Waals surface area contributed by atoms with Crippen LogP contribution in [0.1, 0.15) is 31.4 Å². The van der Waals surface area contributed by atoms with Gasteiger partial charge in [0, 0.05) is 25.2 Å². The van der Waals surface area contributed by atoms with Crippen LogP contribution in [-0.2, 0) is 26.2 Å². The fraction of sp³-hybridized carbons (Fsp3) is 0.391. The van der Waals surface area contributed by atoms with E-state index in [1.807, 2.05) is 31.2 Å². The topological polar surface area (TPSA) is 130 Å². The molecule has 0 spiro atoms. The minimum atomic E-state index is -3.97. The van der Waals surface area contributed by atoms with Crippen LogP contribution in [0.4, 0.5) is 11.4 Å². The Bertz CT molecular complexity index is 1130. The summed E-state index contributed by atoms with van der Waals surface area (Å²) in [6.07, 6.45) is 1.24. The van der Waals surface area contributed by atoms with Crippen molar-refractivity contribution < 1.29 is 22.9 Å². The Morgan fingerprint density at radius 3 is 2.29 bits per heavy atom. The number of nitro benzene ring substituents is 1. The number of benzene rings is 2. The molecule has 1 N–H and O–H groups in total. The van der Waals surface area contributed by atoms with Crippen LogP contribution in [-0.4, -0.2) is 55.4 Å². The van der Waals surface area contributed by atoms with Gasteiger partial charge in [-0.25, -0.2) is 8.42 Å². The predicted octanol–water partition coefficient (Wildman–Crippen LogP) is 2.61. The number of carbonyl (C=O) groups excluding carboxylic acids is 2. The van der Waals surface area contributed by atoms with Crippen LogP contribution in [0.15, 0.2) is 48.5 Å². The second-order valence-corrected chi connectivity index (χ2v) is 9.78. The first-order chi connectivity index (χ1) is 16.0. The Hall–Kier alpha value is -3.47. The van der Waals surface area contributed by atoms with E-state index in [1.165, 1.54) is 23.1 Å². The van der Waals surface area contributed by atoms with Gasteiger partial charge in [0.15, 0.2) is 0 Å². The molecule has 2 aromatic carbocycles. The Balaban J connectivity index is 2.45. The summed E-state index contributed by atoms with van der Waals surface area (Å²) < 4.78 is 25.9. The first kappa shape index (κ1) is 26.8. The number of nitrogens with one attached hydrogen (secondary N) is 1. The lowest BCUT2D eigenvalue weighted by Gasteiger charge is -2.32. The van der Waals surface area contributed by atoms with Gasteiger partial charge in [0.25, 0.3) is 5.69 Å². The molecule has 1 atom stereocenters. The summed E-state index contributed by atoms with van der Waals surface area (Å²) in [5.74, 6) is -0.942. The first-order valence-corrected chi connectivity index (χ1v) is 12.7. The lowest BCUT2D eigenvalue weighted by molar-refractivity contribution is -0.384. The minimum absolute atomic E-state index is 0.00797. The highest BCUT2D eigenvalue weighted by atomic mass is 32.2. The zero-order valence-corrected chi connectivity index (χ0v) is 20.5. The molecule has 0 heterocycles. The van der Waals surface area contributed by atoms with Crippen molar-refractivity contribution >= 4 is 33.2 Å². The van der Waals surface area contributed by atoms with Gasteiger partial charge in [-0.2, -0.15) is 0 Å². The summed E-state index contributed by atoms with van der Waals surface area (Å²) in [5, 5.41) is 13.9. The van der Waals surface area contributed by atoms with E-state index in [0.29, 0.717) is 13.0 Å². The maximum atomic E-state index is 13.5. The quantitative estimate of drug-likeness (QED) is 0.381. The summed E-state index contributed by atoms with van der Waals surface area (Å²) in [4.78, 5) is 38.1. The third kappa shape index (κ3) is 7.01. The van der Waals surface area contributed by atoms with E-state index in [0.717, 1.165) is 27.8 Å². The lowest BCUT2D eigenvalue weighted by atomic mass is 10.1. The molecule has 10 nitrogen and oxygen atoms in total. The number of non-ortho nitro benzene ring substituents is 1. The molecule has 2 aromatic rings. The molecule has 11 heteroatoms. The Labute approximate surface area is 199 Å². The van der Waals surface area contributed by atoms with Gasteiger partial charge >= 0.3 is 0 Å². The van der Waals surface area contributed by atoms with Crippen LogP contribution in [0.25, 0.3) is 0 Å². The van der Waals surface area contributed by atoms with E-state index in [1.54, 1.807) is 13.8 Å². The number of rotatable bonds is 11. The molecule has 0 aliphatic heterocycles. The van der Waals surface area contributed by atoms with Crippen LogP contribution < -0.4 is 9.62 Å². The third-order valence-electron chi connectivity index (χ3n) is 5.22. The fourth-order valence-corrected chi connectivity index (χ4v) is 4.32. The van der Waals surface area contributed by atoms with Crippen molar-refractivity contribution in [3.63, 3.8) is 0 Å². The Morgan fingerprint density at radius 1 is 1.12 bits per heavy atom. The zero-order chi connectivity index (χ0) is 25.5. The van der Waals surface area contributed by atoms with E-state index >= 15 is 0 Å². The standard InChI is InChI=1S/C23H30N4O6S/c1-5-21(23(29)24-6-2)25(15-18-12-10-17(3)11-13-18)22(28)16-26(34(4,32)33)19-8-7-9-20(14-19)27(30)31/h7-14,21H,5-6,15-16H2,1-4H3,(H,24,29)/t21-/m0/s1. The second kappa shape index (κ2) is 11.6. The lowest BCUT2D eigenvalue weighted by Crippen LogP contribution is -2.52. The van der Waals surface area contributed by atoms with Crippen LogP contribution >= 0.6 is 0 Å². The molecule has 0 saturated heterocycles. The number of amides is 2. The van der Waals surface area contributed by atoms with E-state index in [-0.39, 0.29) is 23.8 Å². The molecule has 0 radical (unpaired) electrons. The number of carbonyl (C=O) groups is 2. The van der Waals surface area contributed by atoms with E-state index in [2.05, 4.69) is 5.32 Å². The van der Waals surface area contributed by atoms with Gasteiger partial charge in [0.05, 0.1) is 16.9 Å². The number of nitrogens with zero attached hydrogens (tertiary/aromatic N) is 3.